The third-order valence-electron chi connectivity index (χ3n) is 2.56. The van der Waals surface area contributed by atoms with Gasteiger partial charge < -0.3 is 5.11 Å². The van der Waals surface area contributed by atoms with Crippen LogP contribution in [0.1, 0.15) is 11.7 Å². The van der Waals surface area contributed by atoms with Crippen molar-refractivity contribution in [3.05, 3.63) is 35.6 Å². The quantitative estimate of drug-likeness (QED) is 0.779. The molecule has 0 aliphatic heterocycles. The van der Waals surface area contributed by atoms with E-state index < -0.39 is 37.4 Å². The molecule has 0 saturated carbocycles. The second-order valence-electron chi connectivity index (χ2n) is 3.72. The van der Waals surface area contributed by atoms with Crippen LogP contribution in [-0.2, 0) is 0 Å². The Morgan fingerprint density at radius 1 is 1.00 bits per heavy atom. The van der Waals surface area contributed by atoms with Crippen molar-refractivity contribution in [1.82, 2.24) is 0 Å². The van der Waals surface area contributed by atoms with Gasteiger partial charge in [-0.05, 0) is 17.7 Å². The number of alkyl halides is 3. The van der Waals surface area contributed by atoms with Gasteiger partial charge in [0, 0.05) is 0 Å². The van der Waals surface area contributed by atoms with Gasteiger partial charge in [0.2, 0.25) is 0 Å². The molecule has 0 radical (unpaired) electrons. The van der Waals surface area contributed by atoms with Crippen molar-refractivity contribution in [2.45, 2.75) is 6.10 Å². The molecule has 1 nitrogen and oxygen atoms in total. The predicted molar refractivity (Wildman–Crippen MR) is 51.7 cm³/mol. The Kier molecular flexibility index (Phi) is 4.29. The molecule has 0 unspecified atom stereocenters. The molecule has 1 aromatic rings. The molecule has 5 heteroatoms. The van der Waals surface area contributed by atoms with E-state index >= 15 is 0 Å². The first-order valence-electron chi connectivity index (χ1n) is 4.71. The largest absolute Gasteiger partial charge is 0.388 e. The first kappa shape index (κ1) is 13.0. The van der Waals surface area contributed by atoms with Crippen LogP contribution in [0.5, 0.6) is 0 Å². The normalized spacial score (nSPS) is 13.8. The lowest BCUT2D eigenvalue weighted by Crippen LogP contribution is -2.36. The highest BCUT2D eigenvalue weighted by molar-refractivity contribution is 5.21. The second-order valence-corrected chi connectivity index (χ2v) is 3.72. The SMILES string of the molecule is O[C@H](c1ccc(F)cc1)C(CF)(CF)CF. The lowest BCUT2D eigenvalue weighted by Gasteiger charge is -2.30. The fraction of sp³-hybridized carbons (Fsp3) is 0.455. The van der Waals surface area contributed by atoms with Crippen LogP contribution in [0.25, 0.3) is 0 Å². The summed E-state index contributed by atoms with van der Waals surface area (Å²) >= 11 is 0. The number of benzene rings is 1. The van der Waals surface area contributed by atoms with Gasteiger partial charge in [-0.25, -0.2) is 4.39 Å². The first-order valence-corrected chi connectivity index (χ1v) is 4.71. The lowest BCUT2D eigenvalue weighted by molar-refractivity contribution is -0.0300. The molecule has 0 aromatic heterocycles. The number of rotatable bonds is 5. The van der Waals surface area contributed by atoms with E-state index in [0.29, 0.717) is 0 Å². The summed E-state index contributed by atoms with van der Waals surface area (Å²) in [6.07, 6.45) is -1.63. The molecular formula is C11H12F4O. The summed E-state index contributed by atoms with van der Waals surface area (Å²) in [5.41, 5.74) is -1.99. The van der Waals surface area contributed by atoms with Gasteiger partial charge >= 0.3 is 0 Å². The summed E-state index contributed by atoms with van der Waals surface area (Å²) < 4.78 is 50.4. The summed E-state index contributed by atoms with van der Waals surface area (Å²) in [7, 11) is 0. The van der Waals surface area contributed by atoms with Gasteiger partial charge in [0.1, 0.15) is 25.8 Å². The molecule has 1 atom stereocenters. The number of hydrogen-bond acceptors (Lipinski definition) is 1. The van der Waals surface area contributed by atoms with Crippen LogP contribution in [0.4, 0.5) is 17.6 Å². The lowest BCUT2D eigenvalue weighted by atomic mass is 9.82. The van der Waals surface area contributed by atoms with E-state index in [1.165, 1.54) is 12.1 Å². The standard InChI is InChI=1S/C11H12F4O/c12-5-11(6-13,7-14)10(16)8-1-3-9(15)4-2-8/h1-4,10,16H,5-7H2/t10-/m1/s1. The highest BCUT2D eigenvalue weighted by Gasteiger charge is 2.40. The highest BCUT2D eigenvalue weighted by atomic mass is 19.2. The monoisotopic (exact) mass is 236 g/mol. The summed E-state index contributed by atoms with van der Waals surface area (Å²) in [5, 5.41) is 9.68. The highest BCUT2D eigenvalue weighted by Crippen LogP contribution is 2.35. The topological polar surface area (TPSA) is 20.2 Å². The summed E-state index contributed by atoms with van der Waals surface area (Å²) in [6.45, 7) is -3.96. The van der Waals surface area contributed by atoms with Gasteiger partial charge in [-0.3, -0.25) is 13.2 Å². The fourth-order valence-corrected chi connectivity index (χ4v) is 1.33. The van der Waals surface area contributed by atoms with Gasteiger partial charge in [-0.1, -0.05) is 12.1 Å². The molecule has 0 fully saturated rings. The van der Waals surface area contributed by atoms with Crippen molar-refractivity contribution >= 4 is 0 Å². The number of hydrogen-bond donors (Lipinski definition) is 1. The van der Waals surface area contributed by atoms with Gasteiger partial charge in [-0.2, -0.15) is 0 Å². The molecule has 1 N–H and O–H groups in total. The first-order chi connectivity index (χ1) is 7.59. The molecular weight excluding hydrogens is 224 g/mol. The van der Waals surface area contributed by atoms with Gasteiger partial charge in [0.15, 0.2) is 0 Å². The molecule has 0 spiro atoms. The summed E-state index contributed by atoms with van der Waals surface area (Å²) in [6, 6.07) is 4.43. The minimum absolute atomic E-state index is 0.0920. The number of halogens is 4. The summed E-state index contributed by atoms with van der Waals surface area (Å²) in [4.78, 5) is 0. The molecule has 1 aromatic carbocycles. The minimum Gasteiger partial charge on any atom is -0.388 e. The Morgan fingerprint density at radius 2 is 1.44 bits per heavy atom. The molecule has 0 aliphatic carbocycles. The van der Waals surface area contributed by atoms with E-state index in [4.69, 9.17) is 0 Å². The van der Waals surface area contributed by atoms with Crippen molar-refractivity contribution in [3.63, 3.8) is 0 Å². The Bertz CT molecular complexity index is 313. The van der Waals surface area contributed by atoms with Crippen LogP contribution >= 0.6 is 0 Å². The Balaban J connectivity index is 2.98. The molecule has 16 heavy (non-hydrogen) atoms. The predicted octanol–water partition coefficient (Wildman–Crippen LogP) is 2.75. The van der Waals surface area contributed by atoms with E-state index in [1.54, 1.807) is 0 Å². The van der Waals surface area contributed by atoms with E-state index in [9.17, 15) is 22.7 Å². The third-order valence-corrected chi connectivity index (χ3v) is 2.56. The molecule has 0 saturated heterocycles. The Morgan fingerprint density at radius 3 is 1.81 bits per heavy atom. The van der Waals surface area contributed by atoms with E-state index in [-0.39, 0.29) is 5.56 Å². The van der Waals surface area contributed by atoms with Crippen LogP contribution in [0, 0.1) is 11.2 Å². The average Bonchev–Trinajstić information content (AvgIpc) is 2.33. The van der Waals surface area contributed by atoms with Gasteiger partial charge in [0.05, 0.1) is 11.5 Å². The van der Waals surface area contributed by atoms with Crippen molar-refractivity contribution in [3.8, 4) is 0 Å². The maximum atomic E-state index is 12.6. The van der Waals surface area contributed by atoms with Crippen LogP contribution in [0.2, 0.25) is 0 Å². The maximum absolute atomic E-state index is 12.6. The smallest absolute Gasteiger partial charge is 0.123 e. The maximum Gasteiger partial charge on any atom is 0.123 e. The average molecular weight is 236 g/mol. The molecule has 0 aliphatic rings. The van der Waals surface area contributed by atoms with Crippen molar-refractivity contribution < 1.29 is 22.7 Å². The van der Waals surface area contributed by atoms with Crippen molar-refractivity contribution in [2.75, 3.05) is 20.0 Å². The zero-order valence-corrected chi connectivity index (χ0v) is 8.47. The minimum atomic E-state index is -2.09. The zero-order valence-electron chi connectivity index (χ0n) is 8.47. The molecule has 0 heterocycles. The number of aliphatic hydroxyl groups is 1. The molecule has 1 rings (SSSR count). The summed E-state index contributed by atoms with van der Waals surface area (Å²) in [5.74, 6) is -0.540. The number of aliphatic hydroxyl groups excluding tert-OH is 1. The van der Waals surface area contributed by atoms with E-state index in [0.717, 1.165) is 12.1 Å². The van der Waals surface area contributed by atoms with E-state index in [1.807, 2.05) is 0 Å². The van der Waals surface area contributed by atoms with Crippen LogP contribution < -0.4 is 0 Å². The van der Waals surface area contributed by atoms with Gasteiger partial charge in [0.25, 0.3) is 0 Å². The van der Waals surface area contributed by atoms with Crippen molar-refractivity contribution in [1.29, 1.82) is 0 Å². The second kappa shape index (κ2) is 5.30. The molecule has 0 amide bonds. The van der Waals surface area contributed by atoms with Crippen LogP contribution in [0.15, 0.2) is 24.3 Å². The van der Waals surface area contributed by atoms with Crippen molar-refractivity contribution in [2.24, 2.45) is 5.41 Å². The van der Waals surface area contributed by atoms with E-state index in [2.05, 4.69) is 0 Å². The van der Waals surface area contributed by atoms with Gasteiger partial charge in [-0.15, -0.1) is 0 Å². The Hall–Kier alpha value is -1.10. The molecule has 0 bridgehead atoms. The Labute approximate surface area is 90.7 Å². The van der Waals surface area contributed by atoms with Crippen LogP contribution in [-0.4, -0.2) is 25.1 Å². The molecule has 90 valence electrons. The zero-order chi connectivity index (χ0) is 12.2. The van der Waals surface area contributed by atoms with Crippen LogP contribution in [0.3, 0.4) is 0 Å². The fourth-order valence-electron chi connectivity index (χ4n) is 1.33. The third kappa shape index (κ3) is 2.35.